The summed E-state index contributed by atoms with van der Waals surface area (Å²) in [5, 5.41) is 3.22. The molecular weight excluding hydrogens is 260 g/mol. The monoisotopic (exact) mass is 282 g/mol. The fourth-order valence-corrected chi connectivity index (χ4v) is 3.74. The smallest absolute Gasteiger partial charge is 0.243 e. The molecule has 0 atom stereocenters. The summed E-state index contributed by atoms with van der Waals surface area (Å²) in [6.45, 7) is 6.76. The number of hydrogen-bond acceptors (Lipinski definition) is 3. The highest BCUT2D eigenvalue weighted by Crippen LogP contribution is 2.29. The second-order valence-corrected chi connectivity index (χ2v) is 7.60. The van der Waals surface area contributed by atoms with Crippen molar-refractivity contribution < 1.29 is 8.42 Å². The summed E-state index contributed by atoms with van der Waals surface area (Å²) in [6.07, 6.45) is 1.73. The van der Waals surface area contributed by atoms with Crippen LogP contribution in [-0.2, 0) is 16.4 Å². The maximum absolute atomic E-state index is 12.6. The van der Waals surface area contributed by atoms with Crippen molar-refractivity contribution in [1.29, 1.82) is 0 Å². The summed E-state index contributed by atoms with van der Waals surface area (Å²) < 4.78 is 26.7. The zero-order chi connectivity index (χ0) is 14.3. The molecule has 1 aromatic carbocycles. The molecule has 0 radical (unpaired) electrons. The number of anilines is 1. The lowest BCUT2D eigenvalue weighted by molar-refractivity contribution is 0.257. The molecule has 0 aliphatic carbocycles. The highest BCUT2D eigenvalue weighted by Gasteiger charge is 2.33. The molecule has 19 heavy (non-hydrogen) atoms. The molecule has 1 heterocycles. The third-order valence-electron chi connectivity index (χ3n) is 4.17. The van der Waals surface area contributed by atoms with Gasteiger partial charge in [0.15, 0.2) is 0 Å². The molecule has 106 valence electrons. The predicted octanol–water partition coefficient (Wildman–Crippen LogP) is 2.46. The lowest BCUT2D eigenvalue weighted by Gasteiger charge is -2.33. The molecule has 0 spiro atoms. The van der Waals surface area contributed by atoms with E-state index in [1.807, 2.05) is 26.8 Å². The van der Waals surface area contributed by atoms with E-state index < -0.39 is 10.0 Å². The third kappa shape index (κ3) is 2.49. The molecule has 5 heteroatoms. The molecule has 1 aliphatic heterocycles. The Kier molecular flexibility index (Phi) is 3.62. The fourth-order valence-electron chi connectivity index (χ4n) is 2.14. The van der Waals surface area contributed by atoms with Crippen LogP contribution in [0.25, 0.3) is 0 Å². The van der Waals surface area contributed by atoms with Crippen molar-refractivity contribution in [2.24, 2.45) is 0 Å². The number of sulfonamides is 1. The van der Waals surface area contributed by atoms with E-state index in [0.29, 0.717) is 4.90 Å². The molecule has 1 aliphatic rings. The first-order valence-electron chi connectivity index (χ1n) is 6.65. The molecule has 4 nitrogen and oxygen atoms in total. The average Bonchev–Trinajstić information content (AvgIpc) is 2.84. The standard InChI is InChI=1S/C14H22N2O2S/c1-5-14(2,3)16(4)19(17,18)12-7-6-11-8-9-15-13(11)10-12/h6-7,10,15H,5,8-9H2,1-4H3. The molecule has 0 fully saturated rings. The molecule has 0 bridgehead atoms. The Morgan fingerprint density at radius 3 is 2.68 bits per heavy atom. The minimum Gasteiger partial charge on any atom is -0.384 e. The van der Waals surface area contributed by atoms with E-state index in [0.717, 1.165) is 25.1 Å². The molecule has 1 N–H and O–H groups in total. The number of benzene rings is 1. The Balaban J connectivity index is 2.40. The quantitative estimate of drug-likeness (QED) is 0.923. The van der Waals surface area contributed by atoms with Crippen LogP contribution in [0.15, 0.2) is 23.1 Å². The highest BCUT2D eigenvalue weighted by atomic mass is 32.2. The van der Waals surface area contributed by atoms with Crippen LogP contribution in [0.4, 0.5) is 5.69 Å². The fraction of sp³-hybridized carbons (Fsp3) is 0.571. The van der Waals surface area contributed by atoms with Crippen molar-refractivity contribution in [1.82, 2.24) is 4.31 Å². The van der Waals surface area contributed by atoms with Gasteiger partial charge in [0.05, 0.1) is 4.90 Å². The van der Waals surface area contributed by atoms with E-state index in [-0.39, 0.29) is 5.54 Å². The molecule has 0 saturated heterocycles. The molecule has 0 aromatic heterocycles. The number of rotatable bonds is 4. The molecular formula is C14H22N2O2S. The Morgan fingerprint density at radius 2 is 2.05 bits per heavy atom. The predicted molar refractivity (Wildman–Crippen MR) is 78.0 cm³/mol. The van der Waals surface area contributed by atoms with Crippen molar-refractivity contribution in [3.05, 3.63) is 23.8 Å². The first-order chi connectivity index (χ1) is 8.79. The van der Waals surface area contributed by atoms with Crippen molar-refractivity contribution >= 4 is 15.7 Å². The minimum atomic E-state index is -3.44. The highest BCUT2D eigenvalue weighted by molar-refractivity contribution is 7.89. The van der Waals surface area contributed by atoms with Gasteiger partial charge in [-0.3, -0.25) is 0 Å². The Bertz CT molecular complexity index is 579. The van der Waals surface area contributed by atoms with Crippen LogP contribution in [-0.4, -0.2) is 31.9 Å². The van der Waals surface area contributed by atoms with Gasteiger partial charge in [0, 0.05) is 24.8 Å². The van der Waals surface area contributed by atoms with Crippen molar-refractivity contribution in [2.75, 3.05) is 18.9 Å². The zero-order valence-corrected chi connectivity index (χ0v) is 12.8. The summed E-state index contributed by atoms with van der Waals surface area (Å²) in [5.41, 5.74) is 1.76. The van der Waals surface area contributed by atoms with E-state index in [1.54, 1.807) is 19.2 Å². The van der Waals surface area contributed by atoms with Gasteiger partial charge in [0.25, 0.3) is 0 Å². The summed E-state index contributed by atoms with van der Waals surface area (Å²) in [6, 6.07) is 5.37. The van der Waals surface area contributed by atoms with Crippen LogP contribution in [0.2, 0.25) is 0 Å². The van der Waals surface area contributed by atoms with Crippen molar-refractivity contribution in [2.45, 2.75) is 44.0 Å². The maximum Gasteiger partial charge on any atom is 0.243 e. The van der Waals surface area contributed by atoms with Gasteiger partial charge < -0.3 is 5.32 Å². The van der Waals surface area contributed by atoms with Crippen LogP contribution >= 0.6 is 0 Å². The van der Waals surface area contributed by atoms with Crippen LogP contribution in [0.5, 0.6) is 0 Å². The topological polar surface area (TPSA) is 49.4 Å². The lowest BCUT2D eigenvalue weighted by Crippen LogP contribution is -2.44. The van der Waals surface area contributed by atoms with Crippen molar-refractivity contribution in [3.8, 4) is 0 Å². The normalized spacial score (nSPS) is 15.4. The molecule has 0 unspecified atom stereocenters. The minimum absolute atomic E-state index is 0.365. The number of hydrogen-bond donors (Lipinski definition) is 1. The summed E-state index contributed by atoms with van der Waals surface area (Å²) in [4.78, 5) is 0.365. The van der Waals surface area contributed by atoms with Gasteiger partial charge in [-0.15, -0.1) is 0 Å². The average molecular weight is 282 g/mol. The molecule has 0 amide bonds. The van der Waals surface area contributed by atoms with Gasteiger partial charge in [-0.2, -0.15) is 4.31 Å². The summed E-state index contributed by atoms with van der Waals surface area (Å²) >= 11 is 0. The molecule has 2 rings (SSSR count). The summed E-state index contributed by atoms with van der Waals surface area (Å²) in [7, 11) is -1.78. The van der Waals surface area contributed by atoms with Crippen LogP contribution in [0.1, 0.15) is 32.8 Å². The number of nitrogens with zero attached hydrogens (tertiary/aromatic N) is 1. The van der Waals surface area contributed by atoms with Gasteiger partial charge in [-0.05, 0) is 44.4 Å². The Morgan fingerprint density at radius 1 is 1.37 bits per heavy atom. The number of nitrogens with one attached hydrogen (secondary N) is 1. The van der Waals surface area contributed by atoms with Gasteiger partial charge in [0.2, 0.25) is 10.0 Å². The van der Waals surface area contributed by atoms with Crippen LogP contribution < -0.4 is 5.32 Å². The van der Waals surface area contributed by atoms with E-state index in [1.165, 1.54) is 9.87 Å². The first kappa shape index (κ1) is 14.3. The van der Waals surface area contributed by atoms with Crippen molar-refractivity contribution in [3.63, 3.8) is 0 Å². The van der Waals surface area contributed by atoms with Crippen LogP contribution in [0, 0.1) is 0 Å². The number of fused-ring (bicyclic) bond motifs is 1. The van der Waals surface area contributed by atoms with Gasteiger partial charge in [0.1, 0.15) is 0 Å². The van der Waals surface area contributed by atoms with E-state index in [2.05, 4.69) is 5.32 Å². The van der Waals surface area contributed by atoms with E-state index >= 15 is 0 Å². The Labute approximate surface area is 115 Å². The third-order valence-corrected chi connectivity index (χ3v) is 6.23. The second-order valence-electron chi connectivity index (χ2n) is 5.63. The Hall–Kier alpha value is -1.07. The van der Waals surface area contributed by atoms with Gasteiger partial charge in [-0.25, -0.2) is 8.42 Å². The van der Waals surface area contributed by atoms with Crippen LogP contribution in [0.3, 0.4) is 0 Å². The van der Waals surface area contributed by atoms with E-state index in [4.69, 9.17) is 0 Å². The zero-order valence-electron chi connectivity index (χ0n) is 12.0. The molecule has 1 aromatic rings. The summed E-state index contributed by atoms with van der Waals surface area (Å²) in [5.74, 6) is 0. The maximum atomic E-state index is 12.6. The largest absolute Gasteiger partial charge is 0.384 e. The lowest BCUT2D eigenvalue weighted by atomic mass is 10.0. The van der Waals surface area contributed by atoms with Gasteiger partial charge >= 0.3 is 0 Å². The SMILES string of the molecule is CCC(C)(C)N(C)S(=O)(=O)c1ccc2c(c1)NCC2. The first-order valence-corrected chi connectivity index (χ1v) is 8.09. The second kappa shape index (κ2) is 4.80. The molecule has 0 saturated carbocycles. The van der Waals surface area contributed by atoms with Gasteiger partial charge in [-0.1, -0.05) is 13.0 Å². The van der Waals surface area contributed by atoms with E-state index in [9.17, 15) is 8.42 Å².